The van der Waals surface area contributed by atoms with Crippen LogP contribution in [0, 0.1) is 6.92 Å². The van der Waals surface area contributed by atoms with E-state index >= 15 is 0 Å². The van der Waals surface area contributed by atoms with Gasteiger partial charge in [-0.25, -0.2) is 4.79 Å². The van der Waals surface area contributed by atoms with Crippen molar-refractivity contribution in [2.75, 3.05) is 6.54 Å². The molecule has 5 N–H and O–H groups in total. The molecule has 0 spiro atoms. The highest BCUT2D eigenvalue weighted by Crippen LogP contribution is 2.27. The molecule has 0 heterocycles. The Morgan fingerprint density at radius 1 is 1.53 bits per heavy atom. The standard InChI is InChI=1S/C13H20N2O4/c1-3-10(16)7-15-6-9-4-8(2)12(5-11(9)17)19-13(14)18/h4-5,10,15-17H,3,6-7H2,1-2H3,(H2,14,18). The van der Waals surface area contributed by atoms with Gasteiger partial charge in [0.25, 0.3) is 0 Å². The Bertz CT molecular complexity index is 449. The van der Waals surface area contributed by atoms with Crippen molar-refractivity contribution in [2.45, 2.75) is 32.9 Å². The Morgan fingerprint density at radius 2 is 2.21 bits per heavy atom. The van der Waals surface area contributed by atoms with E-state index < -0.39 is 12.2 Å². The molecule has 1 atom stereocenters. The molecule has 0 bridgehead atoms. The topological polar surface area (TPSA) is 105 Å². The zero-order valence-electron chi connectivity index (χ0n) is 11.1. The second-order valence-corrected chi connectivity index (χ2v) is 4.36. The predicted molar refractivity (Wildman–Crippen MR) is 71.1 cm³/mol. The number of aliphatic hydroxyl groups excluding tert-OH is 1. The number of ether oxygens (including phenoxy) is 1. The van der Waals surface area contributed by atoms with Gasteiger partial charge in [0, 0.05) is 24.7 Å². The second kappa shape index (κ2) is 6.96. The summed E-state index contributed by atoms with van der Waals surface area (Å²) in [6.45, 7) is 4.52. The first-order valence-electron chi connectivity index (χ1n) is 6.12. The number of hydrogen-bond acceptors (Lipinski definition) is 5. The van der Waals surface area contributed by atoms with Crippen molar-refractivity contribution in [3.8, 4) is 11.5 Å². The molecule has 6 nitrogen and oxygen atoms in total. The zero-order valence-corrected chi connectivity index (χ0v) is 11.1. The fraction of sp³-hybridized carbons (Fsp3) is 0.462. The molecule has 1 rings (SSSR count). The van der Waals surface area contributed by atoms with Crippen LogP contribution in [0.15, 0.2) is 12.1 Å². The monoisotopic (exact) mass is 268 g/mol. The summed E-state index contributed by atoms with van der Waals surface area (Å²) in [5.74, 6) is 0.252. The Labute approximate surface area is 112 Å². The van der Waals surface area contributed by atoms with Gasteiger partial charge in [0.05, 0.1) is 6.10 Å². The number of rotatable bonds is 6. The average Bonchev–Trinajstić information content (AvgIpc) is 2.34. The van der Waals surface area contributed by atoms with Gasteiger partial charge in [-0.2, -0.15) is 0 Å². The summed E-state index contributed by atoms with van der Waals surface area (Å²) >= 11 is 0. The number of nitrogens with one attached hydrogen (secondary N) is 1. The van der Waals surface area contributed by atoms with E-state index in [0.29, 0.717) is 30.6 Å². The van der Waals surface area contributed by atoms with E-state index in [9.17, 15) is 15.0 Å². The van der Waals surface area contributed by atoms with Crippen LogP contribution in [-0.4, -0.2) is 29.0 Å². The van der Waals surface area contributed by atoms with Gasteiger partial charge in [0.1, 0.15) is 11.5 Å². The minimum Gasteiger partial charge on any atom is -0.507 e. The largest absolute Gasteiger partial charge is 0.507 e. The molecular formula is C13H20N2O4. The van der Waals surface area contributed by atoms with Crippen molar-refractivity contribution in [1.82, 2.24) is 5.32 Å². The number of primary amides is 1. The van der Waals surface area contributed by atoms with Crippen molar-refractivity contribution in [3.05, 3.63) is 23.3 Å². The minimum atomic E-state index is -0.917. The van der Waals surface area contributed by atoms with Crippen molar-refractivity contribution in [1.29, 1.82) is 0 Å². The Balaban J connectivity index is 2.70. The highest BCUT2D eigenvalue weighted by Gasteiger charge is 2.10. The molecule has 1 aromatic rings. The highest BCUT2D eigenvalue weighted by atomic mass is 16.5. The Hall–Kier alpha value is -1.79. The number of phenols is 1. The van der Waals surface area contributed by atoms with Gasteiger partial charge in [-0.05, 0) is 25.0 Å². The molecule has 0 saturated heterocycles. The number of aliphatic hydroxyl groups is 1. The van der Waals surface area contributed by atoms with Gasteiger partial charge < -0.3 is 26.0 Å². The van der Waals surface area contributed by atoms with E-state index in [1.54, 1.807) is 13.0 Å². The molecule has 19 heavy (non-hydrogen) atoms. The molecular weight excluding hydrogens is 248 g/mol. The third-order valence-corrected chi connectivity index (χ3v) is 2.75. The van der Waals surface area contributed by atoms with Crippen molar-refractivity contribution in [2.24, 2.45) is 5.73 Å². The lowest BCUT2D eigenvalue weighted by Gasteiger charge is -2.12. The second-order valence-electron chi connectivity index (χ2n) is 4.36. The van der Waals surface area contributed by atoms with E-state index in [1.165, 1.54) is 6.07 Å². The van der Waals surface area contributed by atoms with Crippen LogP contribution >= 0.6 is 0 Å². The van der Waals surface area contributed by atoms with Crippen molar-refractivity contribution < 1.29 is 19.7 Å². The fourth-order valence-electron chi connectivity index (χ4n) is 1.61. The van der Waals surface area contributed by atoms with Crippen LogP contribution in [0.5, 0.6) is 11.5 Å². The summed E-state index contributed by atoms with van der Waals surface area (Å²) in [4.78, 5) is 10.7. The highest BCUT2D eigenvalue weighted by molar-refractivity contribution is 5.69. The van der Waals surface area contributed by atoms with Crippen LogP contribution < -0.4 is 15.8 Å². The third-order valence-electron chi connectivity index (χ3n) is 2.75. The van der Waals surface area contributed by atoms with E-state index in [1.807, 2.05) is 6.92 Å². The fourth-order valence-corrected chi connectivity index (χ4v) is 1.61. The van der Waals surface area contributed by atoms with Gasteiger partial charge in [-0.3, -0.25) is 0 Å². The molecule has 0 saturated carbocycles. The van der Waals surface area contributed by atoms with Gasteiger partial charge in [0.15, 0.2) is 0 Å². The number of nitrogens with two attached hydrogens (primary N) is 1. The number of aromatic hydroxyl groups is 1. The summed E-state index contributed by atoms with van der Waals surface area (Å²) in [5, 5.41) is 22.3. The van der Waals surface area contributed by atoms with Gasteiger partial charge in [-0.15, -0.1) is 0 Å². The summed E-state index contributed by atoms with van der Waals surface area (Å²) in [7, 11) is 0. The third kappa shape index (κ3) is 4.76. The average molecular weight is 268 g/mol. The number of amides is 1. The maximum Gasteiger partial charge on any atom is 0.409 e. The van der Waals surface area contributed by atoms with Gasteiger partial charge in [-0.1, -0.05) is 6.92 Å². The molecule has 0 fully saturated rings. The van der Waals surface area contributed by atoms with Crippen LogP contribution in [0.2, 0.25) is 0 Å². The zero-order chi connectivity index (χ0) is 14.4. The van der Waals surface area contributed by atoms with Gasteiger partial charge in [0.2, 0.25) is 0 Å². The maximum absolute atomic E-state index is 10.7. The molecule has 1 unspecified atom stereocenters. The number of benzene rings is 1. The van der Waals surface area contributed by atoms with E-state index in [2.05, 4.69) is 5.32 Å². The normalized spacial score (nSPS) is 12.2. The molecule has 0 aliphatic heterocycles. The van der Waals surface area contributed by atoms with Crippen molar-refractivity contribution in [3.63, 3.8) is 0 Å². The van der Waals surface area contributed by atoms with Crippen LogP contribution in [0.25, 0.3) is 0 Å². The first kappa shape index (κ1) is 15.3. The van der Waals surface area contributed by atoms with Gasteiger partial charge >= 0.3 is 6.09 Å². The maximum atomic E-state index is 10.7. The molecule has 0 aromatic heterocycles. The molecule has 1 amide bonds. The molecule has 0 aliphatic carbocycles. The lowest BCUT2D eigenvalue weighted by atomic mass is 10.1. The number of carbonyl (C=O) groups is 1. The van der Waals surface area contributed by atoms with E-state index in [4.69, 9.17) is 10.5 Å². The molecule has 0 aliphatic rings. The Morgan fingerprint density at radius 3 is 2.79 bits per heavy atom. The van der Waals surface area contributed by atoms with Crippen LogP contribution in [0.1, 0.15) is 24.5 Å². The molecule has 106 valence electrons. The quantitative estimate of drug-likeness (QED) is 0.616. The van der Waals surface area contributed by atoms with E-state index in [0.717, 1.165) is 0 Å². The summed E-state index contributed by atoms with van der Waals surface area (Å²) in [6.07, 6.45) is -0.649. The smallest absolute Gasteiger partial charge is 0.409 e. The Kier molecular flexibility index (Phi) is 5.59. The molecule has 0 radical (unpaired) electrons. The first-order chi connectivity index (χ1) is 8.93. The molecule has 1 aromatic carbocycles. The van der Waals surface area contributed by atoms with Crippen LogP contribution in [-0.2, 0) is 6.54 Å². The lowest BCUT2D eigenvalue weighted by Crippen LogP contribution is -2.25. The summed E-state index contributed by atoms with van der Waals surface area (Å²) in [5.41, 5.74) is 6.29. The van der Waals surface area contributed by atoms with Crippen molar-refractivity contribution >= 4 is 6.09 Å². The number of aryl methyl sites for hydroxylation is 1. The van der Waals surface area contributed by atoms with Crippen LogP contribution in [0.3, 0.4) is 0 Å². The van der Waals surface area contributed by atoms with E-state index in [-0.39, 0.29) is 11.5 Å². The minimum absolute atomic E-state index is 0.0142. The SMILES string of the molecule is CCC(O)CNCc1cc(C)c(OC(N)=O)cc1O. The number of hydrogen-bond donors (Lipinski definition) is 4. The lowest BCUT2D eigenvalue weighted by molar-refractivity contribution is 0.167. The molecule has 6 heteroatoms. The van der Waals surface area contributed by atoms with Crippen LogP contribution in [0.4, 0.5) is 4.79 Å². The number of carbonyl (C=O) groups excluding carboxylic acids is 1. The summed E-state index contributed by atoms with van der Waals surface area (Å²) in [6, 6.07) is 3.06. The number of phenolic OH excluding ortho intramolecular Hbond substituents is 1. The predicted octanol–water partition coefficient (Wildman–Crippen LogP) is 1.02. The summed E-state index contributed by atoms with van der Waals surface area (Å²) < 4.78 is 4.76. The first-order valence-corrected chi connectivity index (χ1v) is 6.12.